The van der Waals surface area contributed by atoms with Gasteiger partial charge in [0.05, 0.1) is 11.7 Å². The average molecular weight is 379 g/mol. The lowest BCUT2D eigenvalue weighted by Gasteiger charge is -2.40. The Morgan fingerprint density at radius 3 is 2.33 bits per heavy atom. The Kier molecular flexibility index (Phi) is 6.50. The van der Waals surface area contributed by atoms with Crippen molar-refractivity contribution in [3.8, 4) is 0 Å². The van der Waals surface area contributed by atoms with Gasteiger partial charge in [0.1, 0.15) is 0 Å². The van der Waals surface area contributed by atoms with Gasteiger partial charge in [-0.05, 0) is 43.9 Å². The topological polar surface area (TPSA) is 58.6 Å². The highest BCUT2D eigenvalue weighted by atomic mass is 16.5. The Labute approximate surface area is 164 Å². The monoisotopic (exact) mass is 378 g/mol. The Hall–Kier alpha value is -1.10. The van der Waals surface area contributed by atoms with E-state index in [1.54, 1.807) is 0 Å². The summed E-state index contributed by atoms with van der Waals surface area (Å²) in [6.07, 6.45) is 10.4. The van der Waals surface area contributed by atoms with Gasteiger partial charge in [-0.3, -0.25) is 9.59 Å². The molecular formula is C22H38N2O3. The van der Waals surface area contributed by atoms with Crippen molar-refractivity contribution in [3.05, 3.63) is 0 Å². The first-order valence-corrected chi connectivity index (χ1v) is 11.0. The number of ether oxygens (including phenoxy) is 1. The standard InChI is InChI=1S/C22H38N2O3/c1-21(2,3)15-19(25)24-13-11-22(12-14-24)10-9-18(27-22)16-23-20(26)17-7-5-4-6-8-17/h17-18H,4-16H2,1-3H3,(H,23,26). The van der Waals surface area contributed by atoms with Crippen LogP contribution in [-0.2, 0) is 14.3 Å². The lowest BCUT2D eigenvalue weighted by Crippen LogP contribution is -2.48. The molecule has 0 aromatic carbocycles. The van der Waals surface area contributed by atoms with Crippen LogP contribution in [0, 0.1) is 11.3 Å². The van der Waals surface area contributed by atoms with Crippen molar-refractivity contribution >= 4 is 11.8 Å². The molecule has 0 aromatic heterocycles. The molecule has 1 unspecified atom stereocenters. The fourth-order valence-corrected chi connectivity index (χ4v) is 4.86. The molecule has 0 bridgehead atoms. The fraction of sp³-hybridized carbons (Fsp3) is 0.909. The Morgan fingerprint density at radius 2 is 1.70 bits per heavy atom. The zero-order valence-electron chi connectivity index (χ0n) is 17.5. The summed E-state index contributed by atoms with van der Waals surface area (Å²) >= 11 is 0. The molecule has 5 nitrogen and oxygen atoms in total. The largest absolute Gasteiger partial charge is 0.370 e. The zero-order chi connectivity index (χ0) is 19.5. The summed E-state index contributed by atoms with van der Waals surface area (Å²) in [6.45, 7) is 8.59. The number of rotatable bonds is 4. The van der Waals surface area contributed by atoms with E-state index in [9.17, 15) is 9.59 Å². The van der Waals surface area contributed by atoms with Gasteiger partial charge in [-0.1, -0.05) is 40.0 Å². The molecule has 27 heavy (non-hydrogen) atoms. The van der Waals surface area contributed by atoms with Crippen LogP contribution in [0.4, 0.5) is 0 Å². The third-order valence-corrected chi connectivity index (χ3v) is 6.53. The predicted molar refractivity (Wildman–Crippen MR) is 106 cm³/mol. The molecule has 1 N–H and O–H groups in total. The minimum Gasteiger partial charge on any atom is -0.370 e. The van der Waals surface area contributed by atoms with Gasteiger partial charge < -0.3 is 15.0 Å². The number of amides is 2. The third kappa shape index (κ3) is 5.69. The van der Waals surface area contributed by atoms with Crippen LogP contribution >= 0.6 is 0 Å². The number of hydrogen-bond acceptors (Lipinski definition) is 3. The Balaban J connectivity index is 1.40. The highest BCUT2D eigenvalue weighted by molar-refractivity contribution is 5.78. The first kappa shape index (κ1) is 20.6. The predicted octanol–water partition coefficient (Wildman–Crippen LogP) is 3.66. The molecule has 3 fully saturated rings. The normalized spacial score (nSPS) is 26.3. The van der Waals surface area contributed by atoms with Crippen molar-refractivity contribution in [2.75, 3.05) is 19.6 Å². The number of piperidine rings is 1. The number of likely N-dealkylation sites (tertiary alicyclic amines) is 1. The molecule has 3 aliphatic rings. The van der Waals surface area contributed by atoms with Gasteiger partial charge in [-0.2, -0.15) is 0 Å². The Morgan fingerprint density at radius 1 is 1.04 bits per heavy atom. The number of carbonyl (C=O) groups excluding carboxylic acids is 2. The van der Waals surface area contributed by atoms with E-state index in [0.29, 0.717) is 13.0 Å². The molecule has 1 atom stereocenters. The average Bonchev–Trinajstić information content (AvgIpc) is 3.02. The van der Waals surface area contributed by atoms with E-state index < -0.39 is 0 Å². The van der Waals surface area contributed by atoms with Crippen LogP contribution in [0.25, 0.3) is 0 Å². The molecule has 1 spiro atoms. The first-order valence-electron chi connectivity index (χ1n) is 11.0. The molecule has 0 radical (unpaired) electrons. The third-order valence-electron chi connectivity index (χ3n) is 6.53. The molecule has 2 amide bonds. The Bertz CT molecular complexity index is 526. The van der Waals surface area contributed by atoms with E-state index in [1.165, 1.54) is 19.3 Å². The van der Waals surface area contributed by atoms with Crippen LogP contribution in [0.15, 0.2) is 0 Å². The van der Waals surface area contributed by atoms with E-state index >= 15 is 0 Å². The van der Waals surface area contributed by atoms with Gasteiger partial charge in [0.2, 0.25) is 11.8 Å². The first-order chi connectivity index (χ1) is 12.8. The van der Waals surface area contributed by atoms with E-state index in [2.05, 4.69) is 26.1 Å². The van der Waals surface area contributed by atoms with Crippen molar-refractivity contribution in [1.29, 1.82) is 0 Å². The molecule has 0 aromatic rings. The molecule has 3 rings (SSSR count). The fourth-order valence-electron chi connectivity index (χ4n) is 4.86. The zero-order valence-corrected chi connectivity index (χ0v) is 17.5. The minimum absolute atomic E-state index is 0.0394. The summed E-state index contributed by atoms with van der Waals surface area (Å²) in [5, 5.41) is 3.14. The number of carbonyl (C=O) groups is 2. The summed E-state index contributed by atoms with van der Waals surface area (Å²) < 4.78 is 6.40. The van der Waals surface area contributed by atoms with Crippen LogP contribution in [0.5, 0.6) is 0 Å². The van der Waals surface area contributed by atoms with Gasteiger partial charge in [0, 0.05) is 32.0 Å². The molecule has 154 valence electrons. The molecule has 2 heterocycles. The smallest absolute Gasteiger partial charge is 0.223 e. The minimum atomic E-state index is -0.0707. The summed E-state index contributed by atoms with van der Waals surface area (Å²) in [6, 6.07) is 0. The molecule has 2 saturated heterocycles. The number of nitrogens with zero attached hydrogens (tertiary/aromatic N) is 1. The van der Waals surface area contributed by atoms with Crippen molar-refractivity contribution in [2.45, 2.75) is 96.7 Å². The maximum absolute atomic E-state index is 12.4. The van der Waals surface area contributed by atoms with Crippen molar-refractivity contribution < 1.29 is 14.3 Å². The lowest BCUT2D eigenvalue weighted by atomic mass is 9.87. The SMILES string of the molecule is CC(C)(C)CC(=O)N1CCC2(CCC(CNC(=O)C3CCCCC3)O2)CC1. The summed E-state index contributed by atoms with van der Waals surface area (Å²) in [5.41, 5.74) is -0.0313. The highest BCUT2D eigenvalue weighted by Gasteiger charge is 2.43. The second-order valence-corrected chi connectivity index (χ2v) is 10.2. The van der Waals surface area contributed by atoms with Gasteiger partial charge in [0.25, 0.3) is 0 Å². The quantitative estimate of drug-likeness (QED) is 0.812. The maximum Gasteiger partial charge on any atom is 0.223 e. The van der Waals surface area contributed by atoms with Crippen molar-refractivity contribution in [1.82, 2.24) is 10.2 Å². The molecular weight excluding hydrogens is 340 g/mol. The summed E-state index contributed by atoms with van der Waals surface area (Å²) in [4.78, 5) is 26.8. The van der Waals surface area contributed by atoms with Gasteiger partial charge in [0.15, 0.2) is 0 Å². The number of hydrogen-bond donors (Lipinski definition) is 1. The van der Waals surface area contributed by atoms with E-state index in [4.69, 9.17) is 4.74 Å². The summed E-state index contributed by atoms with van der Waals surface area (Å²) in [7, 11) is 0. The van der Waals surface area contributed by atoms with Crippen molar-refractivity contribution in [2.24, 2.45) is 11.3 Å². The van der Waals surface area contributed by atoms with Crippen LogP contribution in [-0.4, -0.2) is 48.1 Å². The van der Waals surface area contributed by atoms with Crippen LogP contribution in [0.2, 0.25) is 0 Å². The molecule has 5 heteroatoms. The van der Waals surface area contributed by atoms with Crippen LogP contribution in [0.1, 0.15) is 85.0 Å². The van der Waals surface area contributed by atoms with Crippen LogP contribution in [0.3, 0.4) is 0 Å². The van der Waals surface area contributed by atoms with E-state index in [1.807, 2.05) is 4.90 Å². The van der Waals surface area contributed by atoms with Crippen molar-refractivity contribution in [3.63, 3.8) is 0 Å². The van der Waals surface area contributed by atoms with Crippen LogP contribution < -0.4 is 5.32 Å². The van der Waals surface area contributed by atoms with E-state index in [-0.39, 0.29) is 34.9 Å². The van der Waals surface area contributed by atoms with Gasteiger partial charge in [-0.25, -0.2) is 0 Å². The molecule has 1 saturated carbocycles. The maximum atomic E-state index is 12.4. The highest BCUT2D eigenvalue weighted by Crippen LogP contribution is 2.39. The van der Waals surface area contributed by atoms with E-state index in [0.717, 1.165) is 51.6 Å². The summed E-state index contributed by atoms with van der Waals surface area (Å²) in [5.74, 6) is 0.708. The molecule has 1 aliphatic carbocycles. The van der Waals surface area contributed by atoms with Gasteiger partial charge in [-0.15, -0.1) is 0 Å². The molecule has 2 aliphatic heterocycles. The number of nitrogens with one attached hydrogen (secondary N) is 1. The lowest BCUT2D eigenvalue weighted by molar-refractivity contribution is -0.140. The second-order valence-electron chi connectivity index (χ2n) is 10.2. The second kappa shape index (κ2) is 8.50. The van der Waals surface area contributed by atoms with Gasteiger partial charge >= 0.3 is 0 Å².